The van der Waals surface area contributed by atoms with Crippen molar-refractivity contribution < 1.29 is 105 Å². The standard InChI is InChI=1S/3C8H15F3.C8H18.5C7H13F3/c1-6(2,3)7(4,5)8(9,10)11;2*1-5(2)6(3)7(4)8(9,10)11;1-7(2,3)8(4,5)6;1-5(2)6(3,4)7(8,9)10;1-4-6(2,3)5-7(8,9)10;1-4-5-6(2,3)7(8,9)10;1-4-5(2)6(3)7(8,9)10;1-3-6(4-2)5-7(8,9)10/h1-5H3;2*5-7H,1-4H3;1-6H3;5H,1-4H3;2*4-5H2,1-3H3;5-6H,4H2,1-3H3;6H,3-5H2,1-2H3/t;2*6-,7?;;;;;5?,6-;/m.11....1./s1. The summed E-state index contributed by atoms with van der Waals surface area (Å²) in [6, 6.07) is 0. The fraction of sp³-hybridized carbons (Fsp3) is 1.00. The molecule has 0 aromatic rings. The maximum atomic E-state index is 12.3. The molecule has 6 atom stereocenters. The lowest BCUT2D eigenvalue weighted by Crippen LogP contribution is -2.43. The second kappa shape index (κ2) is 42.2. The van der Waals surface area contributed by atoms with E-state index in [4.69, 9.17) is 0 Å². The van der Waals surface area contributed by atoms with Crippen molar-refractivity contribution in [2.45, 2.75) is 336 Å². The van der Waals surface area contributed by atoms with Crippen molar-refractivity contribution in [2.24, 2.45) is 97.1 Å². The highest BCUT2D eigenvalue weighted by Gasteiger charge is 2.54. The summed E-state index contributed by atoms with van der Waals surface area (Å²) < 4.78 is 288. The summed E-state index contributed by atoms with van der Waals surface area (Å²) in [6.07, 6.45) is -30.5. The fourth-order valence-corrected chi connectivity index (χ4v) is 5.52. The number of halogens is 24. The Morgan fingerprint density at radius 2 is 0.604 bits per heavy atom. The van der Waals surface area contributed by atoms with E-state index in [1.807, 2.05) is 27.7 Å². The van der Waals surface area contributed by atoms with Gasteiger partial charge < -0.3 is 0 Å². The summed E-state index contributed by atoms with van der Waals surface area (Å²) in [7, 11) is 0. The van der Waals surface area contributed by atoms with Gasteiger partial charge in [0.25, 0.3) is 0 Å². The number of rotatable bonds is 14. The molecule has 0 saturated carbocycles. The second-order valence-corrected chi connectivity index (χ2v) is 30.8. The Balaban J connectivity index is -0.000000119. The Labute approximate surface area is 537 Å². The molecule has 24 heteroatoms. The van der Waals surface area contributed by atoms with Gasteiger partial charge in [0.15, 0.2) is 0 Å². The van der Waals surface area contributed by atoms with Crippen LogP contribution in [0, 0.1) is 97.1 Å². The molecular formula is C67H128F24. The molecule has 0 spiro atoms. The van der Waals surface area contributed by atoms with Crippen molar-refractivity contribution in [3.8, 4) is 0 Å². The van der Waals surface area contributed by atoms with Crippen LogP contribution in [0.1, 0.15) is 287 Å². The fourth-order valence-electron chi connectivity index (χ4n) is 5.52. The van der Waals surface area contributed by atoms with Gasteiger partial charge in [0, 0.05) is 12.8 Å². The summed E-state index contributed by atoms with van der Waals surface area (Å²) in [5, 5.41) is 0. The van der Waals surface area contributed by atoms with E-state index < -0.39 is 107 Å². The van der Waals surface area contributed by atoms with Gasteiger partial charge in [-0.15, -0.1) is 0 Å². The lowest BCUT2D eigenvalue weighted by molar-refractivity contribution is -0.243. The number of hydrogen-bond acceptors (Lipinski definition) is 0. The molecule has 0 aromatic heterocycles. The zero-order valence-corrected chi connectivity index (χ0v) is 62.0. The summed E-state index contributed by atoms with van der Waals surface area (Å²) >= 11 is 0. The highest BCUT2D eigenvalue weighted by molar-refractivity contribution is 4.88. The first kappa shape index (κ1) is 108. The molecule has 3 unspecified atom stereocenters. The van der Waals surface area contributed by atoms with Gasteiger partial charge in [0.1, 0.15) is 0 Å². The lowest BCUT2D eigenvalue weighted by atomic mass is 9.69. The Kier molecular flexibility index (Phi) is 50.1. The van der Waals surface area contributed by atoms with E-state index in [2.05, 4.69) is 41.5 Å². The molecule has 0 amide bonds. The van der Waals surface area contributed by atoms with Crippen LogP contribution in [-0.2, 0) is 0 Å². The lowest BCUT2D eigenvalue weighted by Gasteiger charge is -2.40. The summed E-state index contributed by atoms with van der Waals surface area (Å²) in [4.78, 5) is 0. The van der Waals surface area contributed by atoms with Crippen molar-refractivity contribution in [3.05, 3.63) is 0 Å². The molecule has 0 radical (unpaired) electrons. The predicted molar refractivity (Wildman–Crippen MR) is 330 cm³/mol. The Morgan fingerprint density at radius 1 is 0.319 bits per heavy atom. The van der Waals surface area contributed by atoms with Crippen molar-refractivity contribution in [3.63, 3.8) is 0 Å². The molecule has 0 rings (SSSR count). The molecule has 0 aliphatic heterocycles. The van der Waals surface area contributed by atoms with Crippen LogP contribution in [0.5, 0.6) is 0 Å². The minimum absolute atomic E-state index is 0.0895. The molecule has 0 aliphatic carbocycles. The monoisotopic (exact) mass is 1390 g/mol. The molecule has 0 nitrogen and oxygen atoms in total. The summed E-state index contributed by atoms with van der Waals surface area (Å²) in [6.45, 7) is 56.9. The molecule has 0 heterocycles. The average molecular weight is 1390 g/mol. The maximum absolute atomic E-state index is 12.3. The number of hydrogen-bond donors (Lipinski definition) is 0. The smallest absolute Gasteiger partial charge is 0.171 e. The van der Waals surface area contributed by atoms with Crippen molar-refractivity contribution >= 4 is 0 Å². The van der Waals surface area contributed by atoms with Gasteiger partial charge in [0.2, 0.25) is 0 Å². The van der Waals surface area contributed by atoms with Gasteiger partial charge in [0.05, 0.1) is 34.0 Å². The van der Waals surface area contributed by atoms with Crippen LogP contribution < -0.4 is 0 Å². The van der Waals surface area contributed by atoms with Gasteiger partial charge in [-0.3, -0.25) is 0 Å². The average Bonchev–Trinajstić information content (AvgIpc) is 3.29. The highest BCUT2D eigenvalue weighted by atomic mass is 19.4. The minimum atomic E-state index is -4.12. The largest absolute Gasteiger partial charge is 0.394 e. The van der Waals surface area contributed by atoms with Crippen LogP contribution in [0.2, 0.25) is 0 Å². The summed E-state index contributed by atoms with van der Waals surface area (Å²) in [5.41, 5.74) is -5.17. The van der Waals surface area contributed by atoms with Crippen LogP contribution in [0.4, 0.5) is 105 Å². The third kappa shape index (κ3) is 53.1. The minimum Gasteiger partial charge on any atom is -0.171 e. The normalized spacial score (nSPS) is 15.6. The van der Waals surface area contributed by atoms with E-state index in [-0.39, 0.29) is 47.8 Å². The quantitative estimate of drug-likeness (QED) is 0.152. The van der Waals surface area contributed by atoms with Crippen molar-refractivity contribution in [1.82, 2.24) is 0 Å². The molecule has 0 aliphatic rings. The van der Waals surface area contributed by atoms with Crippen molar-refractivity contribution in [2.75, 3.05) is 0 Å². The van der Waals surface area contributed by atoms with Gasteiger partial charge in [-0.05, 0) is 69.5 Å². The van der Waals surface area contributed by atoms with Crippen LogP contribution in [0.15, 0.2) is 0 Å². The van der Waals surface area contributed by atoms with Gasteiger partial charge in [-0.2, -0.15) is 105 Å². The maximum Gasteiger partial charge on any atom is 0.394 e. The van der Waals surface area contributed by atoms with Crippen LogP contribution >= 0.6 is 0 Å². The molecule has 91 heavy (non-hydrogen) atoms. The second-order valence-electron chi connectivity index (χ2n) is 30.8. The van der Waals surface area contributed by atoms with Gasteiger partial charge >= 0.3 is 49.4 Å². The van der Waals surface area contributed by atoms with E-state index in [9.17, 15) is 105 Å². The first-order valence-electron chi connectivity index (χ1n) is 31.5. The van der Waals surface area contributed by atoms with Crippen LogP contribution in [-0.4, -0.2) is 49.4 Å². The van der Waals surface area contributed by atoms with Crippen LogP contribution in [0.25, 0.3) is 0 Å². The molecular weight excluding hydrogens is 1260 g/mol. The van der Waals surface area contributed by atoms with Gasteiger partial charge in [-0.1, -0.05) is 268 Å². The molecule has 0 bridgehead atoms. The molecule has 0 N–H and O–H groups in total. The van der Waals surface area contributed by atoms with E-state index in [1.54, 1.807) is 104 Å². The predicted octanol–water partition coefficient (Wildman–Crippen LogP) is 30.2. The van der Waals surface area contributed by atoms with E-state index in [0.717, 1.165) is 0 Å². The van der Waals surface area contributed by atoms with E-state index in [1.165, 1.54) is 62.3 Å². The van der Waals surface area contributed by atoms with Crippen molar-refractivity contribution in [1.29, 1.82) is 0 Å². The van der Waals surface area contributed by atoms with E-state index >= 15 is 0 Å². The Hall–Kier alpha value is -1.68. The Bertz CT molecular complexity index is 1680. The highest BCUT2D eigenvalue weighted by Crippen LogP contribution is 2.50. The number of alkyl halides is 24. The summed E-state index contributed by atoms with van der Waals surface area (Å²) in [5.74, 6) is -4.78. The molecule has 0 saturated heterocycles. The molecule has 0 fully saturated rings. The zero-order chi connectivity index (χ0) is 76.9. The zero-order valence-electron chi connectivity index (χ0n) is 62.0. The van der Waals surface area contributed by atoms with Crippen LogP contribution in [0.3, 0.4) is 0 Å². The van der Waals surface area contributed by atoms with Gasteiger partial charge in [-0.25, -0.2) is 0 Å². The third-order valence-electron chi connectivity index (χ3n) is 18.7. The third-order valence-corrected chi connectivity index (χ3v) is 18.7. The molecule has 564 valence electrons. The first-order chi connectivity index (χ1) is 38.9. The first-order valence-corrected chi connectivity index (χ1v) is 31.5. The topological polar surface area (TPSA) is 0 Å². The molecule has 0 aromatic carbocycles. The Morgan fingerprint density at radius 3 is 0.659 bits per heavy atom. The van der Waals surface area contributed by atoms with E-state index in [0.29, 0.717) is 42.9 Å². The SMILES string of the molecule is CC(C)(C)C(C)(C)C.CC(C)(C)C(C)(C)C(F)(F)F.CC(C)C(C)(C)C(F)(F)F.CC(C)[C@@H](C)C(C)C(F)(F)F.CC(C)[C@@H](C)C(C)C(F)(F)F.CCC(C)(C)CC(F)(F)F.CCC(C)[C@@H](C)C(F)(F)F.CCC(CC)CC(F)(F)F.CCCC(C)(C)C(F)(F)F.